The number of benzene rings is 2. The Labute approximate surface area is 220 Å². The summed E-state index contributed by atoms with van der Waals surface area (Å²) in [5.41, 5.74) is 0.843. The van der Waals surface area contributed by atoms with Crippen molar-refractivity contribution < 1.29 is 18.8 Å². The summed E-state index contributed by atoms with van der Waals surface area (Å²) in [6.45, 7) is 6.60. The molecule has 1 saturated heterocycles. The van der Waals surface area contributed by atoms with E-state index in [-0.39, 0.29) is 35.5 Å². The predicted octanol–water partition coefficient (Wildman–Crippen LogP) is 2.83. The molecule has 0 aliphatic carbocycles. The van der Waals surface area contributed by atoms with Crippen molar-refractivity contribution in [1.82, 2.24) is 25.3 Å². The second-order valence-electron chi connectivity index (χ2n) is 10.8. The summed E-state index contributed by atoms with van der Waals surface area (Å²) in [7, 11) is 1.73. The molecule has 2 heterocycles. The van der Waals surface area contributed by atoms with Gasteiger partial charge in [-0.25, -0.2) is 4.39 Å². The standard InChI is InChI=1S/C28H31FN6O3/c1-28(2,3)25(27(38)31-14-19-12-22(36)34(4)15-19)32-26(37)23-20-6-5-7-21(29)24(20)35(33-23)16-18-10-8-17(13-30)9-11-18/h5-11,19,25H,12,14-16H2,1-4H3,(H,31,38)(H,32,37)/t19?,25-/m1/s1. The molecule has 4 rings (SSSR count). The molecule has 198 valence electrons. The number of fused-ring (bicyclic) bond motifs is 1. The molecule has 38 heavy (non-hydrogen) atoms. The molecular formula is C28H31FN6O3. The molecule has 10 heteroatoms. The highest BCUT2D eigenvalue weighted by molar-refractivity contribution is 6.06. The molecule has 2 aromatic carbocycles. The largest absolute Gasteiger partial charge is 0.354 e. The van der Waals surface area contributed by atoms with Crippen LogP contribution in [-0.4, -0.2) is 58.6 Å². The van der Waals surface area contributed by atoms with Crippen LogP contribution in [0.4, 0.5) is 4.39 Å². The number of amides is 3. The molecule has 9 nitrogen and oxygen atoms in total. The van der Waals surface area contributed by atoms with Gasteiger partial charge in [-0.15, -0.1) is 0 Å². The maximum absolute atomic E-state index is 14.9. The fourth-order valence-corrected chi connectivity index (χ4v) is 4.65. The van der Waals surface area contributed by atoms with Gasteiger partial charge in [0.2, 0.25) is 11.8 Å². The molecule has 1 aliphatic heterocycles. The van der Waals surface area contributed by atoms with Crippen molar-refractivity contribution in [1.29, 1.82) is 5.26 Å². The normalized spacial score (nSPS) is 16.4. The maximum Gasteiger partial charge on any atom is 0.273 e. The fourth-order valence-electron chi connectivity index (χ4n) is 4.65. The van der Waals surface area contributed by atoms with Crippen molar-refractivity contribution in [2.75, 3.05) is 20.1 Å². The third-order valence-corrected chi connectivity index (χ3v) is 6.74. The van der Waals surface area contributed by atoms with Gasteiger partial charge in [0.1, 0.15) is 17.4 Å². The van der Waals surface area contributed by atoms with Gasteiger partial charge in [0.15, 0.2) is 5.69 Å². The van der Waals surface area contributed by atoms with Crippen molar-refractivity contribution in [2.24, 2.45) is 11.3 Å². The van der Waals surface area contributed by atoms with Gasteiger partial charge in [-0.2, -0.15) is 10.4 Å². The highest BCUT2D eigenvalue weighted by Gasteiger charge is 2.35. The number of nitriles is 1. The first-order valence-corrected chi connectivity index (χ1v) is 12.4. The quantitative estimate of drug-likeness (QED) is 0.498. The first kappa shape index (κ1) is 26.8. The molecule has 1 aromatic heterocycles. The monoisotopic (exact) mass is 518 g/mol. The highest BCUT2D eigenvalue weighted by Crippen LogP contribution is 2.25. The Morgan fingerprint density at radius 3 is 2.53 bits per heavy atom. The van der Waals surface area contributed by atoms with E-state index in [1.807, 2.05) is 20.8 Å². The minimum atomic E-state index is -0.892. The van der Waals surface area contributed by atoms with E-state index >= 15 is 0 Å². The van der Waals surface area contributed by atoms with Crippen molar-refractivity contribution in [3.63, 3.8) is 0 Å². The molecule has 0 bridgehead atoms. The van der Waals surface area contributed by atoms with Crippen LogP contribution in [0, 0.1) is 28.5 Å². The van der Waals surface area contributed by atoms with E-state index in [2.05, 4.69) is 21.8 Å². The van der Waals surface area contributed by atoms with E-state index in [4.69, 9.17) is 5.26 Å². The zero-order chi connectivity index (χ0) is 27.6. The molecular weight excluding hydrogens is 487 g/mol. The van der Waals surface area contributed by atoms with Gasteiger partial charge in [0.25, 0.3) is 5.91 Å². The van der Waals surface area contributed by atoms with E-state index in [9.17, 15) is 18.8 Å². The van der Waals surface area contributed by atoms with Crippen LogP contribution in [0.2, 0.25) is 0 Å². The Bertz CT molecular complexity index is 1420. The maximum atomic E-state index is 14.9. The van der Waals surface area contributed by atoms with E-state index in [0.29, 0.717) is 30.5 Å². The van der Waals surface area contributed by atoms with Gasteiger partial charge in [0.05, 0.1) is 18.2 Å². The number of carbonyl (C=O) groups excluding carboxylic acids is 3. The average molecular weight is 519 g/mol. The summed E-state index contributed by atoms with van der Waals surface area (Å²) >= 11 is 0. The zero-order valence-electron chi connectivity index (χ0n) is 21.9. The first-order valence-electron chi connectivity index (χ1n) is 12.4. The van der Waals surface area contributed by atoms with Gasteiger partial charge in [-0.3, -0.25) is 19.1 Å². The van der Waals surface area contributed by atoms with Crippen molar-refractivity contribution in [2.45, 2.75) is 39.8 Å². The van der Waals surface area contributed by atoms with Gasteiger partial charge in [-0.05, 0) is 29.2 Å². The average Bonchev–Trinajstić information content (AvgIpc) is 3.40. The molecule has 1 aliphatic rings. The number of carbonyl (C=O) groups is 3. The SMILES string of the molecule is CN1CC(CNC(=O)[C@@H](NC(=O)c2nn(Cc3ccc(C#N)cc3)c3c(F)cccc23)C(C)(C)C)CC1=O. The number of aromatic nitrogens is 2. The van der Waals surface area contributed by atoms with Crippen LogP contribution in [0.15, 0.2) is 42.5 Å². The molecule has 0 saturated carbocycles. The predicted molar refractivity (Wildman–Crippen MR) is 139 cm³/mol. The van der Waals surface area contributed by atoms with Crippen LogP contribution in [0.1, 0.15) is 48.8 Å². The highest BCUT2D eigenvalue weighted by atomic mass is 19.1. The Kier molecular flexibility index (Phi) is 7.49. The minimum absolute atomic E-state index is 0.0117. The number of para-hydroxylation sites is 1. The lowest BCUT2D eigenvalue weighted by Crippen LogP contribution is -2.54. The van der Waals surface area contributed by atoms with Crippen molar-refractivity contribution >= 4 is 28.6 Å². The second kappa shape index (κ2) is 10.6. The van der Waals surface area contributed by atoms with Gasteiger partial charge in [0, 0.05) is 37.9 Å². The van der Waals surface area contributed by atoms with Crippen molar-refractivity contribution in [3.05, 3.63) is 65.1 Å². The number of hydrogen-bond acceptors (Lipinski definition) is 5. The van der Waals surface area contributed by atoms with Crippen LogP contribution >= 0.6 is 0 Å². The lowest BCUT2D eigenvalue weighted by atomic mass is 9.86. The molecule has 0 radical (unpaired) electrons. The summed E-state index contributed by atoms with van der Waals surface area (Å²) in [6.07, 6.45) is 0.373. The third-order valence-electron chi connectivity index (χ3n) is 6.74. The molecule has 1 fully saturated rings. The van der Waals surface area contributed by atoms with Crippen LogP contribution in [0.25, 0.3) is 10.9 Å². The van der Waals surface area contributed by atoms with Crippen LogP contribution in [0.3, 0.4) is 0 Å². The second-order valence-corrected chi connectivity index (χ2v) is 10.8. The number of hydrogen-bond donors (Lipinski definition) is 2. The summed E-state index contributed by atoms with van der Waals surface area (Å²) in [6, 6.07) is 12.4. The molecule has 3 aromatic rings. The number of halogens is 1. The summed E-state index contributed by atoms with van der Waals surface area (Å²) in [5, 5.41) is 19.5. The molecule has 3 amide bonds. The summed E-state index contributed by atoms with van der Waals surface area (Å²) < 4.78 is 16.3. The lowest BCUT2D eigenvalue weighted by Gasteiger charge is -2.30. The van der Waals surface area contributed by atoms with Crippen LogP contribution < -0.4 is 10.6 Å². The Morgan fingerprint density at radius 2 is 1.92 bits per heavy atom. The minimum Gasteiger partial charge on any atom is -0.354 e. The third kappa shape index (κ3) is 5.67. The summed E-state index contributed by atoms with van der Waals surface area (Å²) in [5.74, 6) is -1.42. The van der Waals surface area contributed by atoms with E-state index in [1.54, 1.807) is 42.3 Å². The van der Waals surface area contributed by atoms with E-state index in [1.165, 1.54) is 16.8 Å². The number of nitrogens with zero attached hydrogens (tertiary/aromatic N) is 4. The smallest absolute Gasteiger partial charge is 0.273 e. The van der Waals surface area contributed by atoms with E-state index < -0.39 is 23.2 Å². The van der Waals surface area contributed by atoms with Crippen molar-refractivity contribution in [3.8, 4) is 6.07 Å². The fraction of sp³-hybridized carbons (Fsp3) is 0.393. The van der Waals surface area contributed by atoms with Gasteiger partial charge in [-0.1, -0.05) is 45.0 Å². The number of nitrogens with one attached hydrogen (secondary N) is 2. The molecule has 2 atom stereocenters. The Morgan fingerprint density at radius 1 is 1.21 bits per heavy atom. The Balaban J connectivity index is 1.57. The van der Waals surface area contributed by atoms with Gasteiger partial charge >= 0.3 is 0 Å². The summed E-state index contributed by atoms with van der Waals surface area (Å²) in [4.78, 5) is 40.1. The zero-order valence-corrected chi connectivity index (χ0v) is 21.9. The molecule has 2 N–H and O–H groups in total. The van der Waals surface area contributed by atoms with Crippen LogP contribution in [-0.2, 0) is 16.1 Å². The lowest BCUT2D eigenvalue weighted by molar-refractivity contribution is -0.127. The molecule has 0 spiro atoms. The van der Waals surface area contributed by atoms with Gasteiger partial charge < -0.3 is 15.5 Å². The Hall–Kier alpha value is -4.26. The molecule has 1 unspecified atom stereocenters. The number of likely N-dealkylation sites (tertiary alicyclic amines) is 1. The van der Waals surface area contributed by atoms with Crippen LogP contribution in [0.5, 0.6) is 0 Å². The number of rotatable bonds is 7. The first-order chi connectivity index (χ1) is 18.0. The van der Waals surface area contributed by atoms with E-state index in [0.717, 1.165) is 5.56 Å². The topological polar surface area (TPSA) is 120 Å².